The van der Waals surface area contributed by atoms with Crippen LogP contribution in [0.5, 0.6) is 0 Å². The van der Waals surface area contributed by atoms with Crippen molar-refractivity contribution in [1.29, 1.82) is 0 Å². The Bertz CT molecular complexity index is 388. The quantitative estimate of drug-likeness (QED) is 0.586. The summed E-state index contributed by atoms with van der Waals surface area (Å²) in [6.07, 6.45) is 5.89. The van der Waals surface area contributed by atoms with E-state index in [0.717, 1.165) is 5.01 Å². The van der Waals surface area contributed by atoms with Crippen LogP contribution >= 0.6 is 11.3 Å². The Morgan fingerprint density at radius 2 is 2.07 bits per heavy atom. The molecule has 2 aromatic heterocycles. The number of hydrazine groups is 1. The van der Waals surface area contributed by atoms with Gasteiger partial charge in [0.1, 0.15) is 5.82 Å². The minimum absolute atomic E-state index is 0.0858. The van der Waals surface area contributed by atoms with E-state index in [2.05, 4.69) is 20.4 Å². The minimum atomic E-state index is -0.0858. The van der Waals surface area contributed by atoms with Crippen LogP contribution in [0.4, 0.5) is 0 Å². The molecule has 0 radical (unpaired) electrons. The maximum atomic E-state index is 5.47. The second-order valence-electron chi connectivity index (χ2n) is 2.96. The molecule has 2 heterocycles. The highest BCUT2D eigenvalue weighted by Crippen LogP contribution is 2.15. The second-order valence-corrected chi connectivity index (χ2v) is 3.94. The molecule has 6 heteroatoms. The Hall–Kier alpha value is -1.37. The van der Waals surface area contributed by atoms with Gasteiger partial charge in [-0.15, -0.1) is 11.3 Å². The third kappa shape index (κ3) is 2.56. The van der Waals surface area contributed by atoms with Gasteiger partial charge >= 0.3 is 0 Å². The standard InChI is InChI=1S/C9H11N5S/c10-14-7(6-8-11-4-5-15-8)9-12-2-1-3-13-9/h1-5,7,14H,6,10H2. The summed E-state index contributed by atoms with van der Waals surface area (Å²) >= 11 is 1.60. The highest BCUT2D eigenvalue weighted by Gasteiger charge is 2.13. The summed E-state index contributed by atoms with van der Waals surface area (Å²) in [6, 6.07) is 1.69. The predicted octanol–water partition coefficient (Wildman–Crippen LogP) is 0.680. The van der Waals surface area contributed by atoms with E-state index in [9.17, 15) is 0 Å². The Morgan fingerprint density at radius 1 is 1.27 bits per heavy atom. The molecule has 0 aliphatic carbocycles. The van der Waals surface area contributed by atoms with Crippen LogP contribution in [0.15, 0.2) is 30.0 Å². The lowest BCUT2D eigenvalue weighted by Gasteiger charge is -2.11. The van der Waals surface area contributed by atoms with Crippen LogP contribution in [0.3, 0.4) is 0 Å². The number of nitrogens with one attached hydrogen (secondary N) is 1. The van der Waals surface area contributed by atoms with Gasteiger partial charge in [-0.2, -0.15) is 0 Å². The first-order valence-electron chi connectivity index (χ1n) is 4.51. The summed E-state index contributed by atoms with van der Waals surface area (Å²) in [7, 11) is 0. The van der Waals surface area contributed by atoms with Crippen molar-refractivity contribution in [1.82, 2.24) is 20.4 Å². The zero-order valence-electron chi connectivity index (χ0n) is 8.00. The SMILES string of the molecule is NNC(Cc1nccs1)c1ncccn1. The lowest BCUT2D eigenvalue weighted by atomic mass is 10.2. The number of thiazole rings is 1. The number of nitrogens with two attached hydrogens (primary N) is 1. The third-order valence-electron chi connectivity index (χ3n) is 1.96. The van der Waals surface area contributed by atoms with Gasteiger partial charge in [-0.1, -0.05) is 0 Å². The number of hydrogen-bond acceptors (Lipinski definition) is 6. The topological polar surface area (TPSA) is 76.7 Å². The summed E-state index contributed by atoms with van der Waals surface area (Å²) in [5, 5.41) is 2.96. The van der Waals surface area contributed by atoms with Gasteiger partial charge in [0.15, 0.2) is 0 Å². The van der Waals surface area contributed by atoms with E-state index in [1.54, 1.807) is 36.0 Å². The molecule has 2 rings (SSSR count). The van der Waals surface area contributed by atoms with Crippen molar-refractivity contribution >= 4 is 11.3 Å². The Kier molecular flexibility index (Phi) is 3.33. The van der Waals surface area contributed by atoms with E-state index in [0.29, 0.717) is 12.2 Å². The van der Waals surface area contributed by atoms with Gasteiger partial charge in [-0.3, -0.25) is 5.84 Å². The van der Waals surface area contributed by atoms with E-state index in [-0.39, 0.29) is 6.04 Å². The Morgan fingerprint density at radius 3 is 2.67 bits per heavy atom. The molecule has 2 aromatic rings. The molecule has 0 bridgehead atoms. The van der Waals surface area contributed by atoms with Crippen LogP contribution in [0.2, 0.25) is 0 Å². The summed E-state index contributed by atoms with van der Waals surface area (Å²) < 4.78 is 0. The fourth-order valence-electron chi connectivity index (χ4n) is 1.24. The van der Waals surface area contributed by atoms with Crippen molar-refractivity contribution in [2.75, 3.05) is 0 Å². The van der Waals surface area contributed by atoms with Gasteiger partial charge in [0.05, 0.1) is 11.0 Å². The lowest BCUT2D eigenvalue weighted by Crippen LogP contribution is -2.30. The summed E-state index contributed by atoms with van der Waals surface area (Å²) in [4.78, 5) is 12.5. The molecule has 0 aliphatic rings. The van der Waals surface area contributed by atoms with E-state index in [1.165, 1.54) is 0 Å². The van der Waals surface area contributed by atoms with E-state index >= 15 is 0 Å². The maximum absolute atomic E-state index is 5.47. The molecule has 3 N–H and O–H groups in total. The van der Waals surface area contributed by atoms with Crippen molar-refractivity contribution in [3.63, 3.8) is 0 Å². The molecule has 0 saturated heterocycles. The summed E-state index contributed by atoms with van der Waals surface area (Å²) in [5.41, 5.74) is 2.70. The molecule has 78 valence electrons. The molecule has 0 saturated carbocycles. The average molecular weight is 221 g/mol. The van der Waals surface area contributed by atoms with Crippen molar-refractivity contribution in [2.24, 2.45) is 5.84 Å². The summed E-state index contributed by atoms with van der Waals surface area (Å²) in [6.45, 7) is 0. The molecule has 0 fully saturated rings. The first kappa shape index (κ1) is 10.2. The van der Waals surface area contributed by atoms with Crippen molar-refractivity contribution in [3.05, 3.63) is 40.9 Å². The van der Waals surface area contributed by atoms with Gasteiger partial charge in [0.25, 0.3) is 0 Å². The zero-order valence-corrected chi connectivity index (χ0v) is 8.81. The maximum Gasteiger partial charge on any atom is 0.146 e. The Balaban J connectivity index is 2.12. The largest absolute Gasteiger partial charge is 0.271 e. The number of aromatic nitrogens is 3. The van der Waals surface area contributed by atoms with Gasteiger partial charge in [-0.25, -0.2) is 20.4 Å². The van der Waals surface area contributed by atoms with Crippen LogP contribution in [0.1, 0.15) is 16.9 Å². The monoisotopic (exact) mass is 221 g/mol. The van der Waals surface area contributed by atoms with Crippen molar-refractivity contribution in [3.8, 4) is 0 Å². The molecular weight excluding hydrogens is 210 g/mol. The van der Waals surface area contributed by atoms with E-state index in [4.69, 9.17) is 5.84 Å². The van der Waals surface area contributed by atoms with Crippen LogP contribution in [0, 0.1) is 0 Å². The highest BCUT2D eigenvalue weighted by atomic mass is 32.1. The molecule has 1 unspecified atom stereocenters. The fourth-order valence-corrected chi connectivity index (χ4v) is 1.91. The smallest absolute Gasteiger partial charge is 0.146 e. The lowest BCUT2D eigenvalue weighted by molar-refractivity contribution is 0.521. The molecule has 5 nitrogen and oxygen atoms in total. The normalized spacial score (nSPS) is 12.6. The number of hydrogen-bond donors (Lipinski definition) is 2. The fraction of sp³-hybridized carbons (Fsp3) is 0.222. The third-order valence-corrected chi connectivity index (χ3v) is 2.76. The number of nitrogens with zero attached hydrogens (tertiary/aromatic N) is 3. The van der Waals surface area contributed by atoms with Gasteiger partial charge < -0.3 is 0 Å². The van der Waals surface area contributed by atoms with E-state index < -0.39 is 0 Å². The molecule has 0 spiro atoms. The van der Waals surface area contributed by atoms with Crippen LogP contribution in [0.25, 0.3) is 0 Å². The number of rotatable bonds is 4. The van der Waals surface area contributed by atoms with Crippen LogP contribution in [-0.4, -0.2) is 15.0 Å². The van der Waals surface area contributed by atoms with Gasteiger partial charge in [-0.05, 0) is 6.07 Å². The highest BCUT2D eigenvalue weighted by molar-refractivity contribution is 7.09. The van der Waals surface area contributed by atoms with Crippen LogP contribution < -0.4 is 11.3 Å². The van der Waals surface area contributed by atoms with Crippen LogP contribution in [-0.2, 0) is 6.42 Å². The second kappa shape index (κ2) is 4.92. The minimum Gasteiger partial charge on any atom is -0.271 e. The van der Waals surface area contributed by atoms with Crippen molar-refractivity contribution < 1.29 is 0 Å². The molecular formula is C9H11N5S. The predicted molar refractivity (Wildman–Crippen MR) is 57.9 cm³/mol. The van der Waals surface area contributed by atoms with Gasteiger partial charge in [0.2, 0.25) is 0 Å². The molecule has 1 atom stereocenters. The Labute approximate surface area is 91.4 Å². The average Bonchev–Trinajstić information content (AvgIpc) is 2.80. The molecule has 0 amide bonds. The molecule has 0 aliphatic heterocycles. The van der Waals surface area contributed by atoms with Crippen molar-refractivity contribution in [2.45, 2.75) is 12.5 Å². The molecule has 15 heavy (non-hydrogen) atoms. The molecule has 0 aromatic carbocycles. The van der Waals surface area contributed by atoms with Gasteiger partial charge in [0, 0.05) is 30.4 Å². The zero-order chi connectivity index (χ0) is 10.5. The first-order chi connectivity index (χ1) is 7.40. The summed E-state index contributed by atoms with van der Waals surface area (Å²) in [5.74, 6) is 6.16. The van der Waals surface area contributed by atoms with E-state index in [1.807, 2.05) is 5.38 Å². The first-order valence-corrected chi connectivity index (χ1v) is 5.39.